The first-order valence-electron chi connectivity index (χ1n) is 5.66. The van der Waals surface area contributed by atoms with Gasteiger partial charge in [-0.25, -0.2) is 4.98 Å². The first kappa shape index (κ1) is 10.3. The van der Waals surface area contributed by atoms with Gasteiger partial charge in [-0.1, -0.05) is 15.9 Å². The second-order valence-corrected chi connectivity index (χ2v) is 5.33. The molecule has 0 aliphatic heterocycles. The highest BCUT2D eigenvalue weighted by molar-refractivity contribution is 9.10. The second-order valence-electron chi connectivity index (χ2n) is 4.42. The SMILES string of the molecule is Brc1ccc2nc(CNCC3CC3)[nH]c2c1. The molecule has 0 radical (unpaired) electrons. The zero-order chi connectivity index (χ0) is 11.0. The number of imidazole rings is 1. The van der Waals surface area contributed by atoms with Crippen LogP contribution >= 0.6 is 15.9 Å². The summed E-state index contributed by atoms with van der Waals surface area (Å²) >= 11 is 3.46. The molecule has 3 nitrogen and oxygen atoms in total. The molecule has 1 saturated carbocycles. The third-order valence-corrected chi connectivity index (χ3v) is 3.41. The van der Waals surface area contributed by atoms with E-state index in [2.05, 4.69) is 37.3 Å². The van der Waals surface area contributed by atoms with E-state index in [1.807, 2.05) is 12.1 Å². The molecule has 2 aromatic rings. The van der Waals surface area contributed by atoms with Crippen LogP contribution in [0.5, 0.6) is 0 Å². The number of halogens is 1. The zero-order valence-corrected chi connectivity index (χ0v) is 10.5. The molecule has 1 aliphatic rings. The third kappa shape index (κ3) is 2.28. The summed E-state index contributed by atoms with van der Waals surface area (Å²) in [6, 6.07) is 6.11. The van der Waals surface area contributed by atoms with Crippen LogP contribution in [0, 0.1) is 5.92 Å². The molecule has 0 unspecified atom stereocenters. The smallest absolute Gasteiger partial charge is 0.121 e. The van der Waals surface area contributed by atoms with Crippen LogP contribution in [0.25, 0.3) is 11.0 Å². The molecular weight excluding hydrogens is 266 g/mol. The molecular formula is C12H14BrN3. The van der Waals surface area contributed by atoms with Crippen LogP contribution in [0.15, 0.2) is 22.7 Å². The largest absolute Gasteiger partial charge is 0.341 e. The predicted octanol–water partition coefficient (Wildman–Crippen LogP) is 2.83. The Labute approximate surface area is 103 Å². The van der Waals surface area contributed by atoms with Crippen molar-refractivity contribution in [1.29, 1.82) is 0 Å². The number of hydrogen-bond donors (Lipinski definition) is 2. The van der Waals surface area contributed by atoms with Gasteiger partial charge in [0, 0.05) is 4.47 Å². The van der Waals surface area contributed by atoms with E-state index < -0.39 is 0 Å². The van der Waals surface area contributed by atoms with E-state index in [1.165, 1.54) is 12.8 Å². The number of rotatable bonds is 4. The van der Waals surface area contributed by atoms with Gasteiger partial charge in [-0.05, 0) is 43.5 Å². The van der Waals surface area contributed by atoms with Crippen molar-refractivity contribution in [2.45, 2.75) is 19.4 Å². The number of nitrogens with one attached hydrogen (secondary N) is 2. The van der Waals surface area contributed by atoms with Gasteiger partial charge in [-0.3, -0.25) is 0 Å². The van der Waals surface area contributed by atoms with Gasteiger partial charge in [0.1, 0.15) is 5.82 Å². The molecule has 1 aromatic heterocycles. The number of nitrogens with zero attached hydrogens (tertiary/aromatic N) is 1. The van der Waals surface area contributed by atoms with Gasteiger partial charge in [0.15, 0.2) is 0 Å². The van der Waals surface area contributed by atoms with Crippen LogP contribution in [0.4, 0.5) is 0 Å². The lowest BCUT2D eigenvalue weighted by Crippen LogP contribution is -2.16. The molecule has 4 heteroatoms. The number of benzene rings is 1. The highest BCUT2D eigenvalue weighted by atomic mass is 79.9. The summed E-state index contributed by atoms with van der Waals surface area (Å²) in [5.41, 5.74) is 2.13. The summed E-state index contributed by atoms with van der Waals surface area (Å²) in [5, 5.41) is 3.43. The van der Waals surface area contributed by atoms with Crippen molar-refractivity contribution in [2.75, 3.05) is 6.54 Å². The number of H-pyrrole nitrogens is 1. The molecule has 0 amide bonds. The van der Waals surface area contributed by atoms with Crippen molar-refractivity contribution in [3.05, 3.63) is 28.5 Å². The van der Waals surface area contributed by atoms with Crippen LogP contribution in [0.3, 0.4) is 0 Å². The molecule has 3 rings (SSSR count). The fourth-order valence-corrected chi connectivity index (χ4v) is 2.20. The molecule has 1 aliphatic carbocycles. The average molecular weight is 280 g/mol. The molecule has 0 atom stereocenters. The van der Waals surface area contributed by atoms with Gasteiger partial charge >= 0.3 is 0 Å². The Morgan fingerprint density at radius 2 is 2.31 bits per heavy atom. The Morgan fingerprint density at radius 1 is 1.44 bits per heavy atom. The van der Waals surface area contributed by atoms with Crippen LogP contribution in [-0.4, -0.2) is 16.5 Å². The van der Waals surface area contributed by atoms with Crippen LogP contribution in [0.2, 0.25) is 0 Å². The molecule has 0 spiro atoms. The van der Waals surface area contributed by atoms with Crippen molar-refractivity contribution < 1.29 is 0 Å². The van der Waals surface area contributed by atoms with Gasteiger partial charge < -0.3 is 10.3 Å². The second kappa shape index (κ2) is 4.18. The molecule has 1 aromatic carbocycles. The predicted molar refractivity (Wildman–Crippen MR) is 68.2 cm³/mol. The normalized spacial score (nSPS) is 15.8. The molecule has 1 fully saturated rings. The van der Waals surface area contributed by atoms with Crippen LogP contribution in [0.1, 0.15) is 18.7 Å². The maximum Gasteiger partial charge on any atom is 0.121 e. The van der Waals surface area contributed by atoms with Crippen LogP contribution < -0.4 is 5.32 Å². The first-order valence-corrected chi connectivity index (χ1v) is 6.45. The maximum atomic E-state index is 4.53. The highest BCUT2D eigenvalue weighted by Gasteiger charge is 2.20. The molecule has 2 N–H and O–H groups in total. The summed E-state index contributed by atoms with van der Waals surface area (Å²) < 4.78 is 1.08. The van der Waals surface area contributed by atoms with Gasteiger partial charge in [0.2, 0.25) is 0 Å². The molecule has 84 valence electrons. The molecule has 0 bridgehead atoms. The lowest BCUT2D eigenvalue weighted by atomic mass is 10.3. The fourth-order valence-electron chi connectivity index (χ4n) is 1.84. The van der Waals surface area contributed by atoms with Gasteiger partial charge in [-0.15, -0.1) is 0 Å². The van der Waals surface area contributed by atoms with E-state index in [9.17, 15) is 0 Å². The fraction of sp³-hybridized carbons (Fsp3) is 0.417. The van der Waals surface area contributed by atoms with E-state index in [0.717, 1.165) is 40.3 Å². The van der Waals surface area contributed by atoms with Crippen molar-refractivity contribution in [1.82, 2.24) is 15.3 Å². The van der Waals surface area contributed by atoms with E-state index in [0.29, 0.717) is 0 Å². The minimum Gasteiger partial charge on any atom is -0.341 e. The van der Waals surface area contributed by atoms with Crippen molar-refractivity contribution >= 4 is 27.0 Å². The Kier molecular flexibility index (Phi) is 2.69. The van der Waals surface area contributed by atoms with Gasteiger partial charge in [0.05, 0.1) is 17.6 Å². The Bertz CT molecular complexity index is 502. The Morgan fingerprint density at radius 3 is 3.12 bits per heavy atom. The summed E-state index contributed by atoms with van der Waals surface area (Å²) in [6.45, 7) is 1.96. The topological polar surface area (TPSA) is 40.7 Å². The number of aromatic amines is 1. The lowest BCUT2D eigenvalue weighted by molar-refractivity contribution is 0.624. The van der Waals surface area contributed by atoms with Gasteiger partial charge in [-0.2, -0.15) is 0 Å². The quantitative estimate of drug-likeness (QED) is 0.904. The Hall–Kier alpha value is -0.870. The van der Waals surface area contributed by atoms with Crippen molar-refractivity contribution in [2.24, 2.45) is 5.92 Å². The Balaban J connectivity index is 1.71. The van der Waals surface area contributed by atoms with Gasteiger partial charge in [0.25, 0.3) is 0 Å². The minimum atomic E-state index is 0.836. The summed E-state index contributed by atoms with van der Waals surface area (Å²) in [6.07, 6.45) is 2.78. The standard InChI is InChI=1S/C12H14BrN3/c13-9-3-4-10-11(5-9)16-12(15-10)7-14-6-8-1-2-8/h3-5,8,14H,1-2,6-7H2,(H,15,16). The summed E-state index contributed by atoms with van der Waals surface area (Å²) in [4.78, 5) is 7.86. The zero-order valence-electron chi connectivity index (χ0n) is 8.96. The van der Waals surface area contributed by atoms with Crippen molar-refractivity contribution in [3.8, 4) is 0 Å². The lowest BCUT2D eigenvalue weighted by Gasteiger charge is -1.98. The number of aromatic nitrogens is 2. The van der Waals surface area contributed by atoms with E-state index in [4.69, 9.17) is 0 Å². The molecule has 1 heterocycles. The third-order valence-electron chi connectivity index (χ3n) is 2.92. The summed E-state index contributed by atoms with van der Waals surface area (Å²) in [7, 11) is 0. The van der Waals surface area contributed by atoms with Crippen LogP contribution in [-0.2, 0) is 6.54 Å². The summed E-state index contributed by atoms with van der Waals surface area (Å²) in [5.74, 6) is 1.94. The first-order chi connectivity index (χ1) is 7.81. The molecule has 16 heavy (non-hydrogen) atoms. The monoisotopic (exact) mass is 279 g/mol. The van der Waals surface area contributed by atoms with E-state index in [-0.39, 0.29) is 0 Å². The minimum absolute atomic E-state index is 0.836. The highest BCUT2D eigenvalue weighted by Crippen LogP contribution is 2.27. The van der Waals surface area contributed by atoms with Crippen molar-refractivity contribution in [3.63, 3.8) is 0 Å². The van der Waals surface area contributed by atoms with E-state index >= 15 is 0 Å². The number of fused-ring (bicyclic) bond motifs is 1. The number of hydrogen-bond acceptors (Lipinski definition) is 2. The van der Waals surface area contributed by atoms with E-state index in [1.54, 1.807) is 0 Å². The average Bonchev–Trinajstić information content (AvgIpc) is 2.98. The maximum absolute atomic E-state index is 4.53. The molecule has 0 saturated heterocycles.